The number of hydrogen-bond donors (Lipinski definition) is 3. The Kier molecular flexibility index (Phi) is 8.09. The average Bonchev–Trinajstić information content (AvgIpc) is 2.54. The first kappa shape index (κ1) is 21.5. The molecule has 0 amide bonds. The highest BCUT2D eigenvalue weighted by Crippen LogP contribution is 2.28. The van der Waals surface area contributed by atoms with Crippen molar-refractivity contribution in [3.05, 3.63) is 29.8 Å². The molecule has 0 heterocycles. The zero-order chi connectivity index (χ0) is 19.9. The number of carbonyl (C=O) groups excluding carboxylic acids is 1. The highest BCUT2D eigenvalue weighted by atomic mass is 16.5. The van der Waals surface area contributed by atoms with Crippen LogP contribution in [0, 0.1) is 17.8 Å². The van der Waals surface area contributed by atoms with Crippen LogP contribution in [-0.2, 0) is 19.1 Å². The van der Waals surface area contributed by atoms with Crippen LogP contribution in [0.15, 0.2) is 24.3 Å². The molecule has 0 saturated heterocycles. The van der Waals surface area contributed by atoms with Crippen LogP contribution in [0.5, 0.6) is 5.75 Å². The summed E-state index contributed by atoms with van der Waals surface area (Å²) in [5, 5.41) is 27.6. The number of phenolic OH excluding ortho intramolecular Hbond substituents is 1. The van der Waals surface area contributed by atoms with Crippen molar-refractivity contribution in [1.82, 2.24) is 0 Å². The monoisotopic (exact) mass is 366 g/mol. The van der Waals surface area contributed by atoms with E-state index in [2.05, 4.69) is 0 Å². The lowest BCUT2D eigenvalue weighted by molar-refractivity contribution is -0.154. The Morgan fingerprint density at radius 1 is 1.04 bits per heavy atom. The van der Waals surface area contributed by atoms with Crippen LogP contribution in [0.1, 0.15) is 45.1 Å². The Hall–Kier alpha value is -2.57. The second-order valence-electron chi connectivity index (χ2n) is 6.80. The third-order valence-electron chi connectivity index (χ3n) is 4.35. The lowest BCUT2D eigenvalue weighted by atomic mass is 9.87. The lowest BCUT2D eigenvalue weighted by Crippen LogP contribution is -2.28. The van der Waals surface area contributed by atoms with Gasteiger partial charge in [-0.1, -0.05) is 32.9 Å². The first-order valence-corrected chi connectivity index (χ1v) is 8.53. The average molecular weight is 366 g/mol. The first-order chi connectivity index (χ1) is 12.1. The molecule has 0 radical (unpaired) electrons. The van der Waals surface area contributed by atoms with Gasteiger partial charge in [0.05, 0.1) is 18.4 Å². The highest BCUT2D eigenvalue weighted by molar-refractivity contribution is 5.77. The number of benzene rings is 1. The van der Waals surface area contributed by atoms with E-state index in [0.29, 0.717) is 5.56 Å². The molecule has 0 aliphatic rings. The summed E-state index contributed by atoms with van der Waals surface area (Å²) >= 11 is 0. The minimum Gasteiger partial charge on any atom is -0.508 e. The van der Waals surface area contributed by atoms with Gasteiger partial charge in [-0.05, 0) is 30.0 Å². The van der Waals surface area contributed by atoms with E-state index in [1.807, 2.05) is 13.8 Å². The number of aromatic hydroxyl groups is 1. The van der Waals surface area contributed by atoms with E-state index in [4.69, 9.17) is 9.84 Å². The molecule has 0 aliphatic carbocycles. The maximum Gasteiger partial charge on any atom is 0.311 e. The second kappa shape index (κ2) is 9.79. The molecule has 2 unspecified atom stereocenters. The Labute approximate surface area is 152 Å². The summed E-state index contributed by atoms with van der Waals surface area (Å²) in [6.07, 6.45) is 0.0549. The molecule has 7 heteroatoms. The van der Waals surface area contributed by atoms with E-state index in [1.165, 1.54) is 24.3 Å². The molecule has 0 saturated carbocycles. The first-order valence-electron chi connectivity index (χ1n) is 8.53. The van der Waals surface area contributed by atoms with Gasteiger partial charge in [0, 0.05) is 12.3 Å². The number of carboxylic acid groups (broad SMARTS) is 2. The van der Waals surface area contributed by atoms with Gasteiger partial charge >= 0.3 is 17.9 Å². The van der Waals surface area contributed by atoms with Crippen molar-refractivity contribution in [1.29, 1.82) is 0 Å². The maximum atomic E-state index is 12.3. The minimum absolute atomic E-state index is 0.0372. The molecule has 0 fully saturated rings. The molecule has 0 spiro atoms. The van der Waals surface area contributed by atoms with Gasteiger partial charge in [-0.3, -0.25) is 14.4 Å². The number of carboxylic acids is 2. The summed E-state index contributed by atoms with van der Waals surface area (Å²) in [6, 6.07) is 5.86. The van der Waals surface area contributed by atoms with Gasteiger partial charge in [0.15, 0.2) is 0 Å². The van der Waals surface area contributed by atoms with Crippen LogP contribution < -0.4 is 0 Å². The van der Waals surface area contributed by atoms with E-state index in [9.17, 15) is 24.6 Å². The normalized spacial score (nSPS) is 14.5. The van der Waals surface area contributed by atoms with E-state index >= 15 is 0 Å². The molecule has 1 rings (SSSR count). The van der Waals surface area contributed by atoms with Crippen LogP contribution in [0.25, 0.3) is 0 Å². The number of rotatable bonds is 10. The van der Waals surface area contributed by atoms with Crippen LogP contribution in [0.2, 0.25) is 0 Å². The Bertz CT molecular complexity index is 621. The van der Waals surface area contributed by atoms with E-state index in [1.54, 1.807) is 6.92 Å². The molecule has 144 valence electrons. The SMILES string of the molecule is CC(C)C(CCC(=O)O)C(=O)OCC(C)[C@H](C(=O)O)c1ccc(O)cc1. The molecule has 7 nitrogen and oxygen atoms in total. The van der Waals surface area contributed by atoms with Crippen molar-refractivity contribution >= 4 is 17.9 Å². The number of aliphatic carboxylic acids is 2. The summed E-state index contributed by atoms with van der Waals surface area (Å²) < 4.78 is 5.29. The largest absolute Gasteiger partial charge is 0.508 e. The lowest BCUT2D eigenvalue weighted by Gasteiger charge is -2.23. The zero-order valence-electron chi connectivity index (χ0n) is 15.2. The number of hydrogen-bond acceptors (Lipinski definition) is 5. The predicted octanol–water partition coefficient (Wildman–Crippen LogP) is 2.88. The summed E-state index contributed by atoms with van der Waals surface area (Å²) in [7, 11) is 0. The predicted molar refractivity (Wildman–Crippen MR) is 93.8 cm³/mol. The molecule has 0 bridgehead atoms. The number of esters is 1. The summed E-state index contributed by atoms with van der Waals surface area (Å²) in [4.78, 5) is 34.6. The van der Waals surface area contributed by atoms with Gasteiger partial charge in [-0.15, -0.1) is 0 Å². The summed E-state index contributed by atoms with van der Waals surface area (Å²) in [5.74, 6) is -4.51. The molecule has 0 aromatic heterocycles. The fourth-order valence-electron chi connectivity index (χ4n) is 2.82. The maximum absolute atomic E-state index is 12.3. The molecular formula is C19H26O7. The van der Waals surface area contributed by atoms with Crippen molar-refractivity contribution < 1.29 is 34.4 Å². The van der Waals surface area contributed by atoms with Gasteiger partial charge in [-0.25, -0.2) is 0 Å². The molecule has 1 aromatic carbocycles. The number of ether oxygens (including phenoxy) is 1. The quantitative estimate of drug-likeness (QED) is 0.544. The van der Waals surface area contributed by atoms with Crippen molar-refractivity contribution in [2.45, 2.75) is 39.5 Å². The zero-order valence-corrected chi connectivity index (χ0v) is 15.2. The van der Waals surface area contributed by atoms with Crippen molar-refractivity contribution in [3.8, 4) is 5.75 Å². The van der Waals surface area contributed by atoms with E-state index < -0.39 is 35.7 Å². The Balaban J connectivity index is 2.75. The van der Waals surface area contributed by atoms with Gasteiger partial charge in [0.2, 0.25) is 0 Å². The third-order valence-corrected chi connectivity index (χ3v) is 4.35. The molecule has 3 atom stereocenters. The highest BCUT2D eigenvalue weighted by Gasteiger charge is 2.30. The molecule has 26 heavy (non-hydrogen) atoms. The molecule has 1 aromatic rings. The van der Waals surface area contributed by atoms with E-state index in [-0.39, 0.29) is 31.1 Å². The Morgan fingerprint density at radius 2 is 1.62 bits per heavy atom. The number of carbonyl (C=O) groups is 3. The van der Waals surface area contributed by atoms with Crippen LogP contribution >= 0.6 is 0 Å². The summed E-state index contributed by atoms with van der Waals surface area (Å²) in [5.41, 5.74) is 0.505. The second-order valence-corrected chi connectivity index (χ2v) is 6.80. The standard InChI is InChI=1S/C19H26O7/c1-11(2)15(8-9-16(21)22)19(25)26-10-12(3)17(18(23)24)13-4-6-14(20)7-5-13/h4-7,11-12,15,17,20H,8-10H2,1-3H3,(H,21,22)(H,23,24)/t12?,15?,17-/m0/s1. The third kappa shape index (κ3) is 6.38. The van der Waals surface area contributed by atoms with Crippen LogP contribution in [0.4, 0.5) is 0 Å². The van der Waals surface area contributed by atoms with Gasteiger partial charge in [-0.2, -0.15) is 0 Å². The minimum atomic E-state index is -1.05. The molecule has 0 aliphatic heterocycles. The molecule has 3 N–H and O–H groups in total. The number of phenols is 1. The topological polar surface area (TPSA) is 121 Å². The fourth-order valence-corrected chi connectivity index (χ4v) is 2.82. The fraction of sp³-hybridized carbons (Fsp3) is 0.526. The Morgan fingerprint density at radius 3 is 2.08 bits per heavy atom. The van der Waals surface area contributed by atoms with Crippen molar-refractivity contribution in [3.63, 3.8) is 0 Å². The van der Waals surface area contributed by atoms with Crippen molar-refractivity contribution in [2.24, 2.45) is 17.8 Å². The van der Waals surface area contributed by atoms with Crippen LogP contribution in [-0.4, -0.2) is 39.8 Å². The van der Waals surface area contributed by atoms with Gasteiger partial charge < -0.3 is 20.1 Å². The van der Waals surface area contributed by atoms with Gasteiger partial charge in [0.1, 0.15) is 5.75 Å². The summed E-state index contributed by atoms with van der Waals surface area (Å²) in [6.45, 7) is 5.20. The smallest absolute Gasteiger partial charge is 0.311 e. The van der Waals surface area contributed by atoms with Gasteiger partial charge in [0.25, 0.3) is 0 Å². The van der Waals surface area contributed by atoms with Crippen LogP contribution in [0.3, 0.4) is 0 Å². The molecular weight excluding hydrogens is 340 g/mol. The van der Waals surface area contributed by atoms with Crippen molar-refractivity contribution in [2.75, 3.05) is 6.61 Å². The van der Waals surface area contributed by atoms with E-state index in [0.717, 1.165) is 0 Å².